The lowest BCUT2D eigenvalue weighted by atomic mass is 10.2. The number of aromatic nitrogens is 2. The molecule has 120 valence electrons. The van der Waals surface area contributed by atoms with Crippen molar-refractivity contribution in [1.29, 1.82) is 0 Å². The minimum Gasteiger partial charge on any atom is -0.272 e. The summed E-state index contributed by atoms with van der Waals surface area (Å²) in [4.78, 5) is 24.2. The number of carbonyl (C=O) groups is 2. The van der Waals surface area contributed by atoms with Crippen LogP contribution < -0.4 is 5.43 Å². The zero-order valence-electron chi connectivity index (χ0n) is 12.3. The summed E-state index contributed by atoms with van der Waals surface area (Å²) in [7, 11) is 0. The van der Waals surface area contributed by atoms with Crippen LogP contribution in [0.25, 0.3) is 0 Å². The van der Waals surface area contributed by atoms with Crippen LogP contribution in [0.3, 0.4) is 0 Å². The topological polar surface area (TPSA) is 75.2 Å². The number of hydrogen-bond donors (Lipinski definition) is 1. The third-order valence-corrected chi connectivity index (χ3v) is 6.22. The summed E-state index contributed by atoms with van der Waals surface area (Å²) in [6, 6.07) is 9.68. The van der Waals surface area contributed by atoms with E-state index in [1.165, 1.54) is 39.9 Å². The molecule has 1 fully saturated rings. The van der Waals surface area contributed by atoms with Gasteiger partial charge in [-0.05, 0) is 12.5 Å². The largest absolute Gasteiger partial charge is 0.272 e. The normalized spacial score (nSPS) is 17.5. The van der Waals surface area contributed by atoms with Crippen LogP contribution in [0.1, 0.15) is 15.9 Å². The maximum Gasteiger partial charge on any atom is 0.252 e. The Balaban J connectivity index is 1.60. The van der Waals surface area contributed by atoms with Crippen LogP contribution in [0.4, 0.5) is 0 Å². The molecule has 9 heteroatoms. The second-order valence-electron chi connectivity index (χ2n) is 4.75. The van der Waals surface area contributed by atoms with Gasteiger partial charge in [-0.2, -0.15) is 0 Å². The molecule has 1 aromatic heterocycles. The molecule has 2 heterocycles. The summed E-state index contributed by atoms with van der Waals surface area (Å²) in [5.41, 5.74) is 3.71. The molecule has 2 aromatic rings. The molecule has 1 unspecified atom stereocenters. The quantitative estimate of drug-likeness (QED) is 0.818. The number of nitrogens with zero attached hydrogens (tertiary/aromatic N) is 3. The molecule has 23 heavy (non-hydrogen) atoms. The molecule has 1 N–H and O–H groups in total. The fraction of sp³-hybridized carbons (Fsp3) is 0.286. The number of nitrogens with one attached hydrogen (secondary N) is 1. The summed E-state index contributed by atoms with van der Waals surface area (Å²) in [6.07, 6.45) is 0. The fourth-order valence-corrected chi connectivity index (χ4v) is 4.76. The molecule has 6 nitrogen and oxygen atoms in total. The van der Waals surface area contributed by atoms with E-state index in [4.69, 9.17) is 0 Å². The molecule has 1 atom stereocenters. The Morgan fingerprint density at radius 2 is 2.17 bits per heavy atom. The van der Waals surface area contributed by atoms with Gasteiger partial charge >= 0.3 is 0 Å². The zero-order chi connectivity index (χ0) is 16.2. The molecule has 1 saturated heterocycles. The Morgan fingerprint density at radius 1 is 1.39 bits per heavy atom. The maximum absolute atomic E-state index is 12.1. The van der Waals surface area contributed by atoms with Crippen molar-refractivity contribution >= 4 is 46.7 Å². The summed E-state index contributed by atoms with van der Waals surface area (Å²) < 4.78 is 0.749. The monoisotopic (exact) mass is 366 g/mol. The van der Waals surface area contributed by atoms with Crippen molar-refractivity contribution in [2.75, 3.05) is 11.5 Å². The Labute approximate surface area is 146 Å². The van der Waals surface area contributed by atoms with Crippen molar-refractivity contribution in [3.8, 4) is 0 Å². The molecule has 3 rings (SSSR count). The lowest BCUT2D eigenvalue weighted by Gasteiger charge is -2.24. The van der Waals surface area contributed by atoms with Crippen molar-refractivity contribution in [3.63, 3.8) is 0 Å². The second-order valence-corrected chi connectivity index (χ2v) is 8.22. The highest BCUT2D eigenvalue weighted by Crippen LogP contribution is 2.37. The molecular weight excluding hydrogens is 352 g/mol. The lowest BCUT2D eigenvalue weighted by molar-refractivity contribution is -0.138. The Morgan fingerprint density at radius 3 is 2.87 bits per heavy atom. The fourth-order valence-electron chi connectivity index (χ4n) is 2.04. The van der Waals surface area contributed by atoms with E-state index in [1.807, 2.05) is 37.3 Å². The van der Waals surface area contributed by atoms with Gasteiger partial charge in [-0.25, -0.2) is 5.01 Å². The van der Waals surface area contributed by atoms with E-state index in [1.54, 1.807) is 0 Å². The van der Waals surface area contributed by atoms with E-state index >= 15 is 0 Å². The van der Waals surface area contributed by atoms with Gasteiger partial charge in [0.1, 0.15) is 10.4 Å². The highest BCUT2D eigenvalue weighted by molar-refractivity contribution is 8.01. The average molecular weight is 366 g/mol. The average Bonchev–Trinajstić information content (AvgIpc) is 3.13. The first-order valence-corrected chi connectivity index (χ1v) is 9.69. The SMILES string of the molecule is Cc1nnc(SCC(=O)NN2C(=O)CSC2c2ccccc2)s1. The van der Waals surface area contributed by atoms with Gasteiger partial charge in [0, 0.05) is 0 Å². The zero-order valence-corrected chi connectivity index (χ0v) is 14.7. The number of aryl methyl sites for hydroxylation is 1. The van der Waals surface area contributed by atoms with Crippen molar-refractivity contribution in [1.82, 2.24) is 20.6 Å². The number of hydrogen-bond acceptors (Lipinski definition) is 7. The number of carbonyl (C=O) groups excluding carboxylic acids is 2. The highest BCUT2D eigenvalue weighted by atomic mass is 32.2. The smallest absolute Gasteiger partial charge is 0.252 e. The first kappa shape index (κ1) is 16.3. The van der Waals surface area contributed by atoms with Crippen LogP contribution >= 0.6 is 34.9 Å². The molecule has 1 aliphatic rings. The molecule has 0 saturated carbocycles. The summed E-state index contributed by atoms with van der Waals surface area (Å²) >= 11 is 4.27. The third kappa shape index (κ3) is 4.04. The van der Waals surface area contributed by atoms with E-state index in [2.05, 4.69) is 15.6 Å². The van der Waals surface area contributed by atoms with Crippen LogP contribution in [-0.2, 0) is 9.59 Å². The van der Waals surface area contributed by atoms with Crippen molar-refractivity contribution in [3.05, 3.63) is 40.9 Å². The van der Waals surface area contributed by atoms with Gasteiger partial charge in [-0.3, -0.25) is 15.0 Å². The summed E-state index contributed by atoms with van der Waals surface area (Å²) in [5.74, 6) is 0.251. The van der Waals surface area contributed by atoms with Gasteiger partial charge in [0.2, 0.25) is 5.91 Å². The van der Waals surface area contributed by atoms with Crippen LogP contribution in [0.5, 0.6) is 0 Å². The summed E-state index contributed by atoms with van der Waals surface area (Å²) in [6.45, 7) is 1.87. The predicted octanol–water partition coefficient (Wildman–Crippen LogP) is 2.24. The predicted molar refractivity (Wildman–Crippen MR) is 92.0 cm³/mol. The Bertz CT molecular complexity index is 707. The van der Waals surface area contributed by atoms with E-state index in [-0.39, 0.29) is 22.9 Å². The van der Waals surface area contributed by atoms with Crippen molar-refractivity contribution in [2.24, 2.45) is 0 Å². The van der Waals surface area contributed by atoms with Crippen molar-refractivity contribution < 1.29 is 9.59 Å². The van der Waals surface area contributed by atoms with E-state index in [9.17, 15) is 9.59 Å². The highest BCUT2D eigenvalue weighted by Gasteiger charge is 2.34. The lowest BCUT2D eigenvalue weighted by Crippen LogP contribution is -2.45. The number of amides is 2. The second kappa shape index (κ2) is 7.33. The minimum absolute atomic E-state index is 0.0889. The number of thioether (sulfide) groups is 2. The van der Waals surface area contributed by atoms with Gasteiger partial charge < -0.3 is 0 Å². The van der Waals surface area contributed by atoms with Gasteiger partial charge in [-0.15, -0.1) is 22.0 Å². The van der Waals surface area contributed by atoms with Crippen LogP contribution in [0.2, 0.25) is 0 Å². The number of benzene rings is 1. The molecular formula is C14H14N4O2S3. The van der Waals surface area contributed by atoms with E-state index in [0.717, 1.165) is 14.9 Å². The Hall–Kier alpha value is -1.58. The third-order valence-electron chi connectivity index (χ3n) is 3.03. The molecule has 1 aromatic carbocycles. The molecule has 0 bridgehead atoms. The number of rotatable bonds is 5. The molecule has 0 radical (unpaired) electrons. The van der Waals surface area contributed by atoms with Crippen molar-refractivity contribution in [2.45, 2.75) is 16.6 Å². The molecule has 0 aliphatic carbocycles. The standard InChI is InChI=1S/C14H14N4O2S3/c1-9-15-16-14(23-9)22-7-11(19)17-18-12(20)8-21-13(18)10-5-3-2-4-6-10/h2-6,13H,7-8H2,1H3,(H,17,19). The maximum atomic E-state index is 12.1. The first-order chi connectivity index (χ1) is 11.1. The summed E-state index contributed by atoms with van der Waals surface area (Å²) in [5, 5.41) is 9.98. The minimum atomic E-state index is -0.223. The first-order valence-electron chi connectivity index (χ1n) is 6.84. The van der Waals surface area contributed by atoms with Crippen LogP contribution in [-0.4, -0.2) is 38.5 Å². The molecule has 1 aliphatic heterocycles. The Kier molecular flexibility index (Phi) is 5.19. The van der Waals surface area contributed by atoms with Gasteiger partial charge in [-0.1, -0.05) is 53.4 Å². The van der Waals surface area contributed by atoms with Gasteiger partial charge in [0.15, 0.2) is 4.34 Å². The van der Waals surface area contributed by atoms with Gasteiger partial charge in [0.05, 0.1) is 11.5 Å². The van der Waals surface area contributed by atoms with E-state index < -0.39 is 0 Å². The van der Waals surface area contributed by atoms with Crippen LogP contribution in [0.15, 0.2) is 34.7 Å². The number of hydrazine groups is 1. The molecule has 2 amide bonds. The molecule has 0 spiro atoms. The van der Waals surface area contributed by atoms with Crippen LogP contribution in [0, 0.1) is 6.92 Å². The van der Waals surface area contributed by atoms with Gasteiger partial charge in [0.25, 0.3) is 5.91 Å². The van der Waals surface area contributed by atoms with E-state index in [0.29, 0.717) is 5.75 Å².